The predicted octanol–water partition coefficient (Wildman–Crippen LogP) is 4.27. The zero-order chi connectivity index (χ0) is 21.5. The highest BCUT2D eigenvalue weighted by Crippen LogP contribution is 2.24. The van der Waals surface area contributed by atoms with Crippen LogP contribution in [-0.4, -0.2) is 49.6 Å². The molecule has 1 aromatic carbocycles. The molecule has 1 fully saturated rings. The molecule has 0 bridgehead atoms. The SMILES string of the molecule is I.NC(=NCc1ccc(OC(F)(F)F)cc1)NCCC1CCN(CC(F)(F)F)CC1. The second kappa shape index (κ2) is 11.8. The maximum absolute atomic E-state index is 12.4. The van der Waals surface area contributed by atoms with Crippen LogP contribution in [0.25, 0.3) is 0 Å². The lowest BCUT2D eigenvalue weighted by Crippen LogP contribution is -2.41. The first-order valence-electron chi connectivity index (χ1n) is 9.18. The highest BCUT2D eigenvalue weighted by molar-refractivity contribution is 14.0. The van der Waals surface area contributed by atoms with Gasteiger partial charge >= 0.3 is 12.5 Å². The molecule has 1 saturated heterocycles. The van der Waals surface area contributed by atoms with Gasteiger partial charge in [-0.3, -0.25) is 4.90 Å². The minimum atomic E-state index is -4.73. The van der Waals surface area contributed by atoms with Crippen molar-refractivity contribution in [1.29, 1.82) is 0 Å². The molecule has 0 saturated carbocycles. The second-order valence-electron chi connectivity index (χ2n) is 6.94. The lowest BCUT2D eigenvalue weighted by molar-refractivity contribution is -0.274. The fraction of sp³-hybridized carbons (Fsp3) is 0.611. The molecule has 1 aromatic rings. The number of ether oxygens (including phenoxy) is 1. The fourth-order valence-corrected chi connectivity index (χ4v) is 3.12. The first kappa shape index (κ1) is 26.6. The van der Waals surface area contributed by atoms with E-state index in [9.17, 15) is 26.3 Å². The van der Waals surface area contributed by atoms with Gasteiger partial charge in [-0.05, 0) is 56.0 Å². The molecule has 0 aromatic heterocycles. The Morgan fingerprint density at radius 3 is 2.23 bits per heavy atom. The Morgan fingerprint density at radius 2 is 1.70 bits per heavy atom. The largest absolute Gasteiger partial charge is 0.573 e. The minimum Gasteiger partial charge on any atom is -0.406 e. The molecular formula is C18H25F6IN4O. The summed E-state index contributed by atoms with van der Waals surface area (Å²) in [4.78, 5) is 5.54. The molecule has 0 atom stereocenters. The van der Waals surface area contributed by atoms with Gasteiger partial charge in [0.15, 0.2) is 5.96 Å². The van der Waals surface area contributed by atoms with Gasteiger partial charge in [-0.25, -0.2) is 4.99 Å². The average Bonchev–Trinajstić information content (AvgIpc) is 2.60. The number of hydrogen-bond donors (Lipinski definition) is 2. The molecular weight excluding hydrogens is 529 g/mol. The standard InChI is InChI=1S/C18H24F6N4O.HI/c19-17(20,21)12-28-9-6-13(7-10-28)5-8-26-16(25)27-11-14-1-3-15(4-2-14)29-18(22,23)24;/h1-4,13H,5-12H2,(H3,25,26,27);1H. The van der Waals surface area contributed by atoms with Gasteiger partial charge in [0.2, 0.25) is 0 Å². The van der Waals surface area contributed by atoms with Crippen molar-refractivity contribution in [3.63, 3.8) is 0 Å². The summed E-state index contributed by atoms with van der Waals surface area (Å²) in [7, 11) is 0. The van der Waals surface area contributed by atoms with Crippen molar-refractivity contribution in [2.24, 2.45) is 16.6 Å². The molecule has 0 aliphatic carbocycles. The first-order valence-corrected chi connectivity index (χ1v) is 9.18. The Balaban J connectivity index is 0.00000450. The van der Waals surface area contributed by atoms with Gasteiger partial charge in [-0.2, -0.15) is 13.2 Å². The van der Waals surface area contributed by atoms with Crippen molar-refractivity contribution in [1.82, 2.24) is 10.2 Å². The average molecular weight is 554 g/mol. The highest BCUT2D eigenvalue weighted by Gasteiger charge is 2.32. The van der Waals surface area contributed by atoms with Crippen LogP contribution in [0.4, 0.5) is 26.3 Å². The van der Waals surface area contributed by atoms with Gasteiger partial charge in [-0.15, -0.1) is 37.1 Å². The van der Waals surface area contributed by atoms with E-state index in [2.05, 4.69) is 15.0 Å². The molecule has 5 nitrogen and oxygen atoms in total. The number of halogens is 7. The zero-order valence-corrected chi connectivity index (χ0v) is 18.4. The number of alkyl halides is 6. The maximum Gasteiger partial charge on any atom is 0.573 e. The number of nitrogens with zero attached hydrogens (tertiary/aromatic N) is 2. The number of aliphatic imine (C=N–C) groups is 1. The van der Waals surface area contributed by atoms with E-state index in [1.807, 2.05) is 0 Å². The molecule has 2 rings (SSSR count). The monoisotopic (exact) mass is 554 g/mol. The van der Waals surface area contributed by atoms with Gasteiger partial charge in [0.1, 0.15) is 5.75 Å². The Kier molecular flexibility index (Phi) is 10.5. The van der Waals surface area contributed by atoms with Crippen LogP contribution in [0.5, 0.6) is 5.75 Å². The third-order valence-electron chi connectivity index (χ3n) is 4.56. The number of rotatable bonds is 7. The van der Waals surface area contributed by atoms with E-state index in [-0.39, 0.29) is 42.2 Å². The van der Waals surface area contributed by atoms with Crippen LogP contribution in [-0.2, 0) is 6.54 Å². The van der Waals surface area contributed by atoms with Crippen LogP contribution in [0.2, 0.25) is 0 Å². The summed E-state index contributed by atoms with van der Waals surface area (Å²) in [5.74, 6) is 0.230. The summed E-state index contributed by atoms with van der Waals surface area (Å²) in [6.07, 6.45) is -6.70. The van der Waals surface area contributed by atoms with Crippen molar-refractivity contribution in [3.8, 4) is 5.75 Å². The van der Waals surface area contributed by atoms with Crippen molar-refractivity contribution < 1.29 is 31.1 Å². The summed E-state index contributed by atoms with van der Waals surface area (Å²) in [6.45, 7) is 0.753. The lowest BCUT2D eigenvalue weighted by Gasteiger charge is -2.32. The quantitative estimate of drug-likeness (QED) is 0.229. The Morgan fingerprint density at radius 1 is 1.10 bits per heavy atom. The first-order chi connectivity index (χ1) is 13.5. The Bertz CT molecular complexity index is 658. The molecule has 0 amide bonds. The Hall–Kier alpha value is -1.44. The van der Waals surface area contributed by atoms with Gasteiger partial charge in [0, 0.05) is 6.54 Å². The molecule has 172 valence electrons. The van der Waals surface area contributed by atoms with Crippen molar-refractivity contribution in [2.45, 2.75) is 38.3 Å². The zero-order valence-electron chi connectivity index (χ0n) is 16.1. The third-order valence-corrected chi connectivity index (χ3v) is 4.56. The number of nitrogens with two attached hydrogens (primary N) is 1. The highest BCUT2D eigenvalue weighted by atomic mass is 127. The maximum atomic E-state index is 12.4. The summed E-state index contributed by atoms with van der Waals surface area (Å²) < 4.78 is 77.3. The minimum absolute atomic E-state index is 0. The van der Waals surface area contributed by atoms with Crippen LogP contribution in [0.3, 0.4) is 0 Å². The summed E-state index contributed by atoms with van der Waals surface area (Å²) in [5.41, 5.74) is 6.44. The van der Waals surface area contributed by atoms with Crippen LogP contribution >= 0.6 is 24.0 Å². The van der Waals surface area contributed by atoms with E-state index >= 15 is 0 Å². The number of benzene rings is 1. The molecule has 0 radical (unpaired) electrons. The number of nitrogens with one attached hydrogen (secondary N) is 1. The van der Waals surface area contributed by atoms with Gasteiger partial charge in [-0.1, -0.05) is 12.1 Å². The fourth-order valence-electron chi connectivity index (χ4n) is 3.12. The van der Waals surface area contributed by atoms with Crippen molar-refractivity contribution in [2.75, 3.05) is 26.2 Å². The smallest absolute Gasteiger partial charge is 0.406 e. The van der Waals surface area contributed by atoms with Gasteiger partial charge in [0.05, 0.1) is 13.1 Å². The predicted molar refractivity (Wildman–Crippen MR) is 112 cm³/mol. The van der Waals surface area contributed by atoms with E-state index in [4.69, 9.17) is 5.73 Å². The summed E-state index contributed by atoms with van der Waals surface area (Å²) in [5, 5.41) is 2.95. The van der Waals surface area contributed by atoms with E-state index < -0.39 is 19.1 Å². The van der Waals surface area contributed by atoms with E-state index in [0.29, 0.717) is 44.0 Å². The second-order valence-corrected chi connectivity index (χ2v) is 6.94. The summed E-state index contributed by atoms with van der Waals surface area (Å²) in [6, 6.07) is 5.33. The van der Waals surface area contributed by atoms with Crippen LogP contribution < -0.4 is 15.8 Å². The van der Waals surface area contributed by atoms with Crippen LogP contribution in [0, 0.1) is 5.92 Å². The number of likely N-dealkylation sites (tertiary alicyclic amines) is 1. The van der Waals surface area contributed by atoms with Crippen LogP contribution in [0.15, 0.2) is 29.3 Å². The number of hydrogen-bond acceptors (Lipinski definition) is 3. The molecule has 0 unspecified atom stereocenters. The Labute approximate surface area is 188 Å². The molecule has 1 aliphatic rings. The number of guanidine groups is 1. The topological polar surface area (TPSA) is 62.9 Å². The third kappa shape index (κ3) is 11.1. The van der Waals surface area contributed by atoms with Crippen molar-refractivity contribution in [3.05, 3.63) is 29.8 Å². The lowest BCUT2D eigenvalue weighted by atomic mass is 9.93. The molecule has 30 heavy (non-hydrogen) atoms. The van der Waals surface area contributed by atoms with E-state index in [1.165, 1.54) is 29.2 Å². The normalized spacial score (nSPS) is 16.8. The van der Waals surface area contributed by atoms with E-state index in [1.54, 1.807) is 0 Å². The molecule has 0 spiro atoms. The van der Waals surface area contributed by atoms with Crippen molar-refractivity contribution >= 4 is 29.9 Å². The molecule has 1 aliphatic heterocycles. The van der Waals surface area contributed by atoms with Gasteiger partial charge in [0.25, 0.3) is 0 Å². The molecule has 1 heterocycles. The molecule has 12 heteroatoms. The number of piperidine rings is 1. The van der Waals surface area contributed by atoms with Crippen LogP contribution in [0.1, 0.15) is 24.8 Å². The summed E-state index contributed by atoms with van der Waals surface area (Å²) >= 11 is 0. The van der Waals surface area contributed by atoms with E-state index in [0.717, 1.165) is 6.42 Å². The van der Waals surface area contributed by atoms with Gasteiger partial charge < -0.3 is 15.8 Å². The molecule has 3 N–H and O–H groups in total.